The van der Waals surface area contributed by atoms with E-state index in [2.05, 4.69) is 11.9 Å². The lowest BCUT2D eigenvalue weighted by Crippen LogP contribution is -2.14. The molecule has 3 nitrogen and oxygen atoms in total. The molecule has 0 saturated carbocycles. The van der Waals surface area contributed by atoms with Crippen LogP contribution < -0.4 is 5.69 Å². The predicted octanol–water partition coefficient (Wildman–Crippen LogP) is 2.90. The highest BCUT2D eigenvalue weighted by atomic mass is 16.1. The van der Waals surface area contributed by atoms with Gasteiger partial charge in [-0.1, -0.05) is 37.3 Å². The molecule has 1 aromatic rings. The van der Waals surface area contributed by atoms with Gasteiger partial charge in [-0.2, -0.15) is 4.98 Å². The van der Waals surface area contributed by atoms with Crippen LogP contribution in [0.3, 0.4) is 0 Å². The summed E-state index contributed by atoms with van der Waals surface area (Å²) in [6.07, 6.45) is 0.990. The molecular formula is C16H14N2O. The first-order valence-corrected chi connectivity index (χ1v) is 6.36. The summed E-state index contributed by atoms with van der Waals surface area (Å²) in [4.78, 5) is 16.1. The summed E-state index contributed by atoms with van der Waals surface area (Å²) in [6.45, 7) is 2.11. The number of hydrogen-bond donors (Lipinski definition) is 0. The summed E-state index contributed by atoms with van der Waals surface area (Å²) in [5.41, 5.74) is 3.43. The average molecular weight is 250 g/mol. The molecule has 94 valence electrons. The number of imidazole rings is 1. The highest BCUT2D eigenvalue weighted by Gasteiger charge is 2.13. The number of aromatic nitrogens is 2. The number of rotatable bonds is 2. The van der Waals surface area contributed by atoms with Crippen LogP contribution in [-0.4, -0.2) is 9.55 Å². The molecular weight excluding hydrogens is 236 g/mol. The van der Waals surface area contributed by atoms with Crippen molar-refractivity contribution in [3.05, 3.63) is 70.6 Å². The van der Waals surface area contributed by atoms with Crippen molar-refractivity contribution in [2.45, 2.75) is 13.3 Å². The van der Waals surface area contributed by atoms with Crippen LogP contribution in [0.25, 0.3) is 17.1 Å². The van der Waals surface area contributed by atoms with E-state index in [1.54, 1.807) is 4.57 Å². The Bertz CT molecular complexity index is 728. The summed E-state index contributed by atoms with van der Waals surface area (Å²) in [5, 5.41) is 0. The van der Waals surface area contributed by atoms with Gasteiger partial charge in [0.25, 0.3) is 0 Å². The molecule has 0 amide bonds. The Hall–Kier alpha value is -2.42. The normalized spacial score (nSPS) is 10.8. The minimum atomic E-state index is -0.231. The van der Waals surface area contributed by atoms with Gasteiger partial charge in [0, 0.05) is 0 Å². The molecule has 0 spiro atoms. The molecule has 0 bridgehead atoms. The fraction of sp³-hybridized carbons (Fsp3) is 0.125. The van der Waals surface area contributed by atoms with Crippen molar-refractivity contribution in [1.82, 2.24) is 9.55 Å². The quantitative estimate of drug-likeness (QED) is 0.701. The van der Waals surface area contributed by atoms with Gasteiger partial charge >= 0.3 is 5.69 Å². The lowest BCUT2D eigenvalue weighted by molar-refractivity contribution is 0.996. The minimum absolute atomic E-state index is 0.231. The molecule has 0 unspecified atom stereocenters. The van der Waals surface area contributed by atoms with E-state index in [4.69, 9.17) is 0 Å². The van der Waals surface area contributed by atoms with E-state index in [1.165, 1.54) is 5.56 Å². The molecule has 0 N–H and O–H groups in total. The van der Waals surface area contributed by atoms with Crippen LogP contribution in [0.15, 0.2) is 59.4 Å². The molecule has 0 fully saturated rings. The number of fused-ring (bicyclic) bond motifs is 1. The van der Waals surface area contributed by atoms with Crippen LogP contribution in [-0.2, 0) is 6.42 Å². The maximum absolute atomic E-state index is 12.0. The third kappa shape index (κ3) is 2.03. The van der Waals surface area contributed by atoms with E-state index in [0.717, 1.165) is 23.5 Å². The van der Waals surface area contributed by atoms with E-state index in [-0.39, 0.29) is 5.69 Å². The molecule has 3 rings (SSSR count). The smallest absolute Gasteiger partial charge is 0.259 e. The van der Waals surface area contributed by atoms with Crippen LogP contribution in [0.1, 0.15) is 12.5 Å². The van der Waals surface area contributed by atoms with Gasteiger partial charge in [-0.15, -0.1) is 0 Å². The largest absolute Gasteiger partial charge is 0.353 e. The highest BCUT2D eigenvalue weighted by molar-refractivity contribution is 5.59. The fourth-order valence-electron chi connectivity index (χ4n) is 2.20. The summed E-state index contributed by atoms with van der Waals surface area (Å²) in [5.74, 6) is 0. The van der Waals surface area contributed by atoms with Gasteiger partial charge in [0.1, 0.15) is 0 Å². The second kappa shape index (κ2) is 4.69. The van der Waals surface area contributed by atoms with Gasteiger partial charge in [-0.25, -0.2) is 4.79 Å². The first-order chi connectivity index (χ1) is 9.29. The van der Waals surface area contributed by atoms with Crippen LogP contribution >= 0.6 is 0 Å². The molecule has 3 heteroatoms. The zero-order valence-electron chi connectivity index (χ0n) is 10.7. The first kappa shape index (κ1) is 11.7. The van der Waals surface area contributed by atoms with Crippen LogP contribution in [0, 0.1) is 0 Å². The molecule has 1 heterocycles. The van der Waals surface area contributed by atoms with Crippen molar-refractivity contribution >= 4 is 0 Å². The van der Waals surface area contributed by atoms with Gasteiger partial charge in [0.2, 0.25) is 0 Å². The van der Waals surface area contributed by atoms with Crippen molar-refractivity contribution in [3.8, 4) is 17.1 Å². The maximum Gasteiger partial charge on any atom is 0.353 e. The van der Waals surface area contributed by atoms with Crippen molar-refractivity contribution in [3.63, 3.8) is 0 Å². The number of aryl methyl sites for hydroxylation is 1. The van der Waals surface area contributed by atoms with E-state index in [0.29, 0.717) is 0 Å². The van der Waals surface area contributed by atoms with Gasteiger partial charge in [0.05, 0.1) is 17.1 Å². The molecule has 0 aromatic heterocycles. The van der Waals surface area contributed by atoms with Gasteiger partial charge in [0.15, 0.2) is 0 Å². The third-order valence-corrected chi connectivity index (χ3v) is 3.24. The molecule has 1 aliphatic heterocycles. The van der Waals surface area contributed by atoms with Crippen molar-refractivity contribution in [2.75, 3.05) is 0 Å². The Morgan fingerprint density at radius 3 is 2.47 bits per heavy atom. The zero-order chi connectivity index (χ0) is 13.2. The lowest BCUT2D eigenvalue weighted by atomic mass is 10.1. The Kier molecular flexibility index (Phi) is 2.88. The molecule has 2 aliphatic rings. The van der Waals surface area contributed by atoms with E-state index in [9.17, 15) is 4.79 Å². The molecule has 1 aromatic carbocycles. The maximum atomic E-state index is 12.0. The topological polar surface area (TPSA) is 34.9 Å². The average Bonchev–Trinajstić information content (AvgIpc) is 2.61. The van der Waals surface area contributed by atoms with Crippen molar-refractivity contribution < 1.29 is 0 Å². The van der Waals surface area contributed by atoms with Gasteiger partial charge < -0.3 is 0 Å². The predicted molar refractivity (Wildman–Crippen MR) is 75.8 cm³/mol. The Morgan fingerprint density at radius 1 is 1.00 bits per heavy atom. The third-order valence-electron chi connectivity index (χ3n) is 3.24. The monoisotopic (exact) mass is 250 g/mol. The number of benzene rings is 1. The van der Waals surface area contributed by atoms with E-state index >= 15 is 0 Å². The molecule has 19 heavy (non-hydrogen) atoms. The molecule has 1 aliphatic carbocycles. The van der Waals surface area contributed by atoms with Gasteiger partial charge in [-0.3, -0.25) is 4.57 Å². The zero-order valence-corrected chi connectivity index (χ0v) is 10.7. The minimum Gasteiger partial charge on any atom is -0.259 e. The standard InChI is InChI=1S/C16H14N2O/c1-2-12-8-10-13(11-9-12)18-15-7-5-3-4-6-14(15)17-16(18)19/h3-11H,2H2,1H3. The van der Waals surface area contributed by atoms with E-state index in [1.807, 2.05) is 54.6 Å². The first-order valence-electron chi connectivity index (χ1n) is 6.36. The summed E-state index contributed by atoms with van der Waals surface area (Å²) >= 11 is 0. The second-order valence-electron chi connectivity index (χ2n) is 4.43. The highest BCUT2D eigenvalue weighted by Crippen LogP contribution is 2.20. The molecule has 0 atom stereocenters. The Balaban J connectivity index is 2.21. The van der Waals surface area contributed by atoms with Crippen LogP contribution in [0.5, 0.6) is 0 Å². The number of nitrogens with zero attached hydrogens (tertiary/aromatic N) is 2. The molecule has 0 radical (unpaired) electrons. The van der Waals surface area contributed by atoms with Crippen molar-refractivity contribution in [2.24, 2.45) is 0 Å². The van der Waals surface area contributed by atoms with Crippen molar-refractivity contribution in [1.29, 1.82) is 0 Å². The SMILES string of the molecule is CCc1ccc(-n2c3cccccc-3nc2=O)cc1. The lowest BCUT2D eigenvalue weighted by Gasteiger charge is -2.05. The van der Waals surface area contributed by atoms with E-state index < -0.39 is 0 Å². The Labute approximate surface area is 111 Å². The summed E-state index contributed by atoms with van der Waals surface area (Å²) in [6, 6.07) is 17.5. The van der Waals surface area contributed by atoms with Crippen LogP contribution in [0.4, 0.5) is 0 Å². The van der Waals surface area contributed by atoms with Crippen LogP contribution in [0.2, 0.25) is 0 Å². The van der Waals surface area contributed by atoms with Gasteiger partial charge in [-0.05, 0) is 36.2 Å². The number of hydrogen-bond acceptors (Lipinski definition) is 2. The second-order valence-corrected chi connectivity index (χ2v) is 4.43. The Morgan fingerprint density at radius 2 is 1.74 bits per heavy atom. The fourth-order valence-corrected chi connectivity index (χ4v) is 2.20. The molecule has 0 saturated heterocycles. The summed E-state index contributed by atoms with van der Waals surface area (Å²) < 4.78 is 1.65. The summed E-state index contributed by atoms with van der Waals surface area (Å²) in [7, 11) is 0.